The lowest BCUT2D eigenvalue weighted by Gasteiger charge is -2.11. The predicted molar refractivity (Wildman–Crippen MR) is 192 cm³/mol. The molecule has 48 heavy (non-hydrogen) atoms. The SMILES string of the molecule is COc1cccc(-c2ccc(-c3nc(-c4ccc(-c5cccc(OC)c5)cc4)nc(-c4ccc(-c5cccc(OC)c5)cc4)n3)cc2)c1. The zero-order valence-corrected chi connectivity index (χ0v) is 26.9. The number of methoxy groups -OCH3 is 3. The van der Waals surface area contributed by atoms with Crippen molar-refractivity contribution in [3.63, 3.8) is 0 Å². The van der Waals surface area contributed by atoms with Crippen LogP contribution in [0.1, 0.15) is 0 Å². The number of hydrogen-bond donors (Lipinski definition) is 0. The van der Waals surface area contributed by atoms with Gasteiger partial charge in [0.05, 0.1) is 21.3 Å². The van der Waals surface area contributed by atoms with Crippen molar-refractivity contribution in [1.82, 2.24) is 15.0 Å². The molecule has 0 unspecified atom stereocenters. The van der Waals surface area contributed by atoms with Gasteiger partial charge in [0.15, 0.2) is 17.5 Å². The molecule has 234 valence electrons. The third-order valence-electron chi connectivity index (χ3n) is 8.27. The molecule has 1 aromatic heterocycles. The van der Waals surface area contributed by atoms with E-state index in [1.54, 1.807) is 21.3 Å². The summed E-state index contributed by atoms with van der Waals surface area (Å²) in [7, 11) is 5.03. The Morgan fingerprint density at radius 1 is 0.292 bits per heavy atom. The topological polar surface area (TPSA) is 66.4 Å². The Morgan fingerprint density at radius 3 is 0.792 bits per heavy atom. The maximum Gasteiger partial charge on any atom is 0.164 e. The molecular formula is C42H33N3O3. The molecule has 0 spiro atoms. The van der Waals surface area contributed by atoms with Gasteiger partial charge >= 0.3 is 0 Å². The summed E-state index contributed by atoms with van der Waals surface area (Å²) < 4.78 is 16.3. The second kappa shape index (κ2) is 13.6. The first kappa shape index (κ1) is 30.4. The first-order valence-corrected chi connectivity index (χ1v) is 15.6. The van der Waals surface area contributed by atoms with Crippen LogP contribution in [-0.2, 0) is 0 Å². The predicted octanol–water partition coefficient (Wildman–Crippen LogP) is 9.90. The summed E-state index contributed by atoms with van der Waals surface area (Å²) in [5.74, 6) is 4.25. The third kappa shape index (κ3) is 6.50. The highest BCUT2D eigenvalue weighted by Crippen LogP contribution is 2.31. The number of ether oxygens (including phenoxy) is 3. The molecule has 0 aliphatic rings. The molecule has 0 aliphatic carbocycles. The van der Waals surface area contributed by atoms with Crippen LogP contribution in [0, 0.1) is 0 Å². The van der Waals surface area contributed by atoms with Crippen LogP contribution in [0.2, 0.25) is 0 Å². The van der Waals surface area contributed by atoms with Gasteiger partial charge in [0.2, 0.25) is 0 Å². The van der Waals surface area contributed by atoms with Gasteiger partial charge in [-0.3, -0.25) is 0 Å². The van der Waals surface area contributed by atoms with E-state index in [1.165, 1.54) is 0 Å². The van der Waals surface area contributed by atoms with Crippen LogP contribution in [0.5, 0.6) is 17.2 Å². The molecule has 0 atom stereocenters. The summed E-state index contributed by atoms with van der Waals surface area (Å²) in [5.41, 5.74) is 9.14. The number of hydrogen-bond acceptors (Lipinski definition) is 6. The van der Waals surface area contributed by atoms with Gasteiger partial charge in [0.25, 0.3) is 0 Å². The minimum atomic E-state index is 0.598. The van der Waals surface area contributed by atoms with Crippen molar-refractivity contribution in [2.24, 2.45) is 0 Å². The van der Waals surface area contributed by atoms with Gasteiger partial charge in [-0.2, -0.15) is 0 Å². The molecule has 0 N–H and O–H groups in total. The second-order valence-electron chi connectivity index (χ2n) is 11.2. The van der Waals surface area contributed by atoms with Crippen molar-refractivity contribution in [1.29, 1.82) is 0 Å². The largest absolute Gasteiger partial charge is 0.497 e. The molecule has 0 saturated carbocycles. The molecule has 0 radical (unpaired) electrons. The van der Waals surface area contributed by atoms with Crippen LogP contribution in [0.3, 0.4) is 0 Å². The minimum Gasteiger partial charge on any atom is -0.497 e. The lowest BCUT2D eigenvalue weighted by atomic mass is 10.0. The van der Waals surface area contributed by atoms with Crippen LogP contribution >= 0.6 is 0 Å². The summed E-state index contributed by atoms with van der Waals surface area (Å²) in [6, 6.07) is 48.9. The molecule has 0 amide bonds. The second-order valence-corrected chi connectivity index (χ2v) is 11.2. The van der Waals surface area contributed by atoms with E-state index in [0.29, 0.717) is 17.5 Å². The molecule has 6 aromatic carbocycles. The van der Waals surface area contributed by atoms with Gasteiger partial charge in [-0.05, 0) is 69.8 Å². The number of nitrogens with zero attached hydrogens (tertiary/aromatic N) is 3. The lowest BCUT2D eigenvalue weighted by molar-refractivity contribution is 0.415. The van der Waals surface area contributed by atoms with Gasteiger partial charge in [-0.15, -0.1) is 0 Å². The van der Waals surface area contributed by atoms with Crippen molar-refractivity contribution in [2.75, 3.05) is 21.3 Å². The van der Waals surface area contributed by atoms with Crippen LogP contribution in [0.15, 0.2) is 146 Å². The number of aromatic nitrogens is 3. The Labute approximate surface area is 280 Å². The van der Waals surface area contributed by atoms with Crippen molar-refractivity contribution >= 4 is 0 Å². The van der Waals surface area contributed by atoms with Crippen LogP contribution < -0.4 is 14.2 Å². The van der Waals surface area contributed by atoms with Crippen molar-refractivity contribution < 1.29 is 14.2 Å². The molecule has 6 nitrogen and oxygen atoms in total. The van der Waals surface area contributed by atoms with E-state index >= 15 is 0 Å². The van der Waals surface area contributed by atoms with E-state index in [9.17, 15) is 0 Å². The van der Waals surface area contributed by atoms with Gasteiger partial charge < -0.3 is 14.2 Å². The summed E-state index contributed by atoms with van der Waals surface area (Å²) in [6.07, 6.45) is 0. The monoisotopic (exact) mass is 627 g/mol. The smallest absolute Gasteiger partial charge is 0.164 e. The van der Waals surface area contributed by atoms with Crippen LogP contribution in [0.25, 0.3) is 67.5 Å². The van der Waals surface area contributed by atoms with Gasteiger partial charge in [0.1, 0.15) is 17.2 Å². The summed E-state index contributed by atoms with van der Waals surface area (Å²) >= 11 is 0. The molecule has 6 heteroatoms. The fourth-order valence-electron chi connectivity index (χ4n) is 5.61. The molecule has 0 fully saturated rings. The maximum atomic E-state index is 5.43. The third-order valence-corrected chi connectivity index (χ3v) is 8.27. The fraction of sp³-hybridized carbons (Fsp3) is 0.0714. The standard InChI is InChI=1S/C42H33N3O3/c1-46-37-10-4-7-34(25-37)28-13-19-31(20-14-28)40-43-41(32-21-15-29(16-22-32)35-8-5-11-38(26-35)47-2)45-42(44-40)33-23-17-30(18-24-33)36-9-6-12-39(27-36)48-3/h4-27H,1-3H3. The van der Waals surface area contributed by atoms with Gasteiger partial charge in [-0.25, -0.2) is 15.0 Å². The average molecular weight is 628 g/mol. The van der Waals surface area contributed by atoms with E-state index in [4.69, 9.17) is 29.2 Å². The summed E-state index contributed by atoms with van der Waals surface area (Å²) in [4.78, 5) is 14.9. The molecule has 0 bridgehead atoms. The van der Waals surface area contributed by atoms with Crippen molar-refractivity contribution in [3.8, 4) is 84.8 Å². The highest BCUT2D eigenvalue weighted by molar-refractivity contribution is 5.74. The molecular weight excluding hydrogens is 594 g/mol. The van der Waals surface area contributed by atoms with Crippen LogP contribution in [-0.4, -0.2) is 36.3 Å². The molecule has 1 heterocycles. The summed E-state index contributed by atoms with van der Waals surface area (Å²) in [6.45, 7) is 0. The van der Waals surface area contributed by atoms with E-state index in [0.717, 1.165) is 67.3 Å². The molecule has 7 aromatic rings. The number of rotatable bonds is 9. The normalized spacial score (nSPS) is 10.8. The fourth-order valence-corrected chi connectivity index (χ4v) is 5.61. The Kier molecular flexibility index (Phi) is 8.62. The Balaban J connectivity index is 1.27. The lowest BCUT2D eigenvalue weighted by Crippen LogP contribution is -2.00. The zero-order valence-electron chi connectivity index (χ0n) is 26.9. The minimum absolute atomic E-state index is 0.598. The van der Waals surface area contributed by atoms with E-state index in [-0.39, 0.29) is 0 Å². The quantitative estimate of drug-likeness (QED) is 0.159. The first-order valence-electron chi connectivity index (χ1n) is 15.6. The first-order chi connectivity index (χ1) is 23.6. The Bertz CT molecular complexity index is 1920. The highest BCUT2D eigenvalue weighted by Gasteiger charge is 2.14. The summed E-state index contributed by atoms with van der Waals surface area (Å²) in [5, 5.41) is 0. The average Bonchev–Trinajstić information content (AvgIpc) is 3.18. The molecule has 0 saturated heterocycles. The Morgan fingerprint density at radius 2 is 0.542 bits per heavy atom. The van der Waals surface area contributed by atoms with E-state index in [1.807, 2.05) is 54.6 Å². The maximum absolute atomic E-state index is 5.43. The Hall–Kier alpha value is -6.27. The van der Waals surface area contributed by atoms with E-state index < -0.39 is 0 Å². The highest BCUT2D eigenvalue weighted by atomic mass is 16.5. The van der Waals surface area contributed by atoms with E-state index in [2.05, 4.69) is 91.0 Å². The van der Waals surface area contributed by atoms with Gasteiger partial charge in [-0.1, -0.05) is 109 Å². The molecule has 0 aliphatic heterocycles. The van der Waals surface area contributed by atoms with Crippen molar-refractivity contribution in [2.45, 2.75) is 0 Å². The molecule has 7 rings (SSSR count). The zero-order chi connectivity index (χ0) is 32.9. The number of benzene rings is 6. The van der Waals surface area contributed by atoms with Gasteiger partial charge in [0, 0.05) is 16.7 Å². The van der Waals surface area contributed by atoms with Crippen molar-refractivity contribution in [3.05, 3.63) is 146 Å². The van der Waals surface area contributed by atoms with Crippen LogP contribution in [0.4, 0.5) is 0 Å².